The van der Waals surface area contributed by atoms with Gasteiger partial charge in [-0.2, -0.15) is 5.10 Å². The Labute approximate surface area is 128 Å². The van der Waals surface area contributed by atoms with Crippen molar-refractivity contribution in [2.75, 3.05) is 13.2 Å². The number of nitrogens with zero attached hydrogens (tertiary/aromatic N) is 2. The first-order chi connectivity index (χ1) is 10.7. The number of H-pyrrole nitrogens is 1. The van der Waals surface area contributed by atoms with E-state index in [0.717, 1.165) is 25.2 Å². The Hall–Kier alpha value is -2.57. The van der Waals surface area contributed by atoms with Gasteiger partial charge in [-0.15, -0.1) is 0 Å². The van der Waals surface area contributed by atoms with Crippen LogP contribution in [0.25, 0.3) is 0 Å². The van der Waals surface area contributed by atoms with E-state index in [2.05, 4.69) is 31.9 Å². The van der Waals surface area contributed by atoms with Gasteiger partial charge in [0.2, 0.25) is 0 Å². The van der Waals surface area contributed by atoms with Crippen molar-refractivity contribution in [1.29, 1.82) is 0 Å². The summed E-state index contributed by atoms with van der Waals surface area (Å²) in [6.07, 6.45) is 3.17. The van der Waals surface area contributed by atoms with Crippen LogP contribution in [0.5, 0.6) is 5.75 Å². The molecule has 7 nitrogen and oxygen atoms in total. The van der Waals surface area contributed by atoms with Gasteiger partial charge in [-0.3, -0.25) is 5.10 Å². The van der Waals surface area contributed by atoms with Crippen LogP contribution in [0.3, 0.4) is 0 Å². The molecule has 22 heavy (non-hydrogen) atoms. The van der Waals surface area contributed by atoms with Gasteiger partial charge in [0, 0.05) is 13.0 Å². The fourth-order valence-corrected chi connectivity index (χ4v) is 2.46. The lowest BCUT2D eigenvalue weighted by Gasteiger charge is -2.12. The number of aromatic amines is 1. The number of nitrogens with one attached hydrogen (secondary N) is 3. The molecule has 0 radical (unpaired) electrons. The van der Waals surface area contributed by atoms with Crippen molar-refractivity contribution in [3.8, 4) is 5.75 Å². The highest BCUT2D eigenvalue weighted by Crippen LogP contribution is 2.25. The van der Waals surface area contributed by atoms with E-state index in [0.29, 0.717) is 12.4 Å². The quantitative estimate of drug-likeness (QED) is 0.777. The number of urea groups is 1. The lowest BCUT2D eigenvalue weighted by atomic mass is 10.1. The van der Waals surface area contributed by atoms with Crippen LogP contribution in [-0.4, -0.2) is 34.4 Å². The summed E-state index contributed by atoms with van der Waals surface area (Å²) in [7, 11) is 0. The smallest absolute Gasteiger partial charge is 0.315 e. The predicted octanol–water partition coefficient (Wildman–Crippen LogP) is 1.34. The maximum atomic E-state index is 11.8. The molecule has 0 saturated carbocycles. The van der Waals surface area contributed by atoms with E-state index >= 15 is 0 Å². The van der Waals surface area contributed by atoms with E-state index in [1.54, 1.807) is 0 Å². The number of rotatable bonds is 5. The first kappa shape index (κ1) is 14.4. The Bertz CT molecular complexity index is 641. The van der Waals surface area contributed by atoms with Gasteiger partial charge >= 0.3 is 6.03 Å². The van der Waals surface area contributed by atoms with Gasteiger partial charge in [-0.1, -0.05) is 12.1 Å². The van der Waals surface area contributed by atoms with Crippen LogP contribution in [-0.2, 0) is 12.8 Å². The number of ether oxygens (including phenoxy) is 1. The number of carbonyl (C=O) groups excluding carboxylic acids is 1. The summed E-state index contributed by atoms with van der Waals surface area (Å²) in [6, 6.07) is 5.77. The highest BCUT2D eigenvalue weighted by Gasteiger charge is 2.13. The average Bonchev–Trinajstić information content (AvgIpc) is 3.18. The SMILES string of the molecule is CC(NC(=O)NCCc1ccc2c(c1)CCO2)c1ncn[nH]1. The first-order valence-corrected chi connectivity index (χ1v) is 7.36. The third-order valence-corrected chi connectivity index (χ3v) is 3.64. The van der Waals surface area contributed by atoms with Crippen molar-refractivity contribution in [2.45, 2.75) is 25.8 Å². The van der Waals surface area contributed by atoms with Crippen LogP contribution in [0.4, 0.5) is 4.79 Å². The maximum absolute atomic E-state index is 11.8. The van der Waals surface area contributed by atoms with E-state index in [1.807, 2.05) is 19.1 Å². The molecule has 0 fully saturated rings. The van der Waals surface area contributed by atoms with Crippen LogP contribution in [0.15, 0.2) is 24.5 Å². The Morgan fingerprint density at radius 2 is 2.41 bits per heavy atom. The number of hydrogen-bond donors (Lipinski definition) is 3. The van der Waals surface area contributed by atoms with Crippen LogP contribution >= 0.6 is 0 Å². The highest BCUT2D eigenvalue weighted by atomic mass is 16.5. The standard InChI is InChI=1S/C15H19N5O2/c1-10(14-17-9-18-20-14)19-15(21)16-6-4-11-2-3-13-12(8-11)5-7-22-13/h2-3,8-10H,4-7H2,1H3,(H2,16,19,21)(H,17,18,20). The van der Waals surface area contributed by atoms with Crippen molar-refractivity contribution in [3.63, 3.8) is 0 Å². The Morgan fingerprint density at radius 1 is 1.50 bits per heavy atom. The number of amides is 2. The Kier molecular flexibility index (Phi) is 4.22. The number of carbonyl (C=O) groups is 1. The third-order valence-electron chi connectivity index (χ3n) is 3.64. The zero-order valence-electron chi connectivity index (χ0n) is 12.4. The molecule has 0 spiro atoms. The molecule has 116 valence electrons. The average molecular weight is 301 g/mol. The summed E-state index contributed by atoms with van der Waals surface area (Å²) in [6.45, 7) is 3.19. The molecule has 1 atom stereocenters. The fourth-order valence-electron chi connectivity index (χ4n) is 2.46. The Balaban J connectivity index is 1.44. The van der Waals surface area contributed by atoms with Crippen molar-refractivity contribution in [1.82, 2.24) is 25.8 Å². The predicted molar refractivity (Wildman–Crippen MR) is 80.7 cm³/mol. The summed E-state index contributed by atoms with van der Waals surface area (Å²) in [5.74, 6) is 1.61. The second-order valence-corrected chi connectivity index (χ2v) is 5.28. The van der Waals surface area contributed by atoms with Crippen LogP contribution in [0.2, 0.25) is 0 Å². The first-order valence-electron chi connectivity index (χ1n) is 7.36. The molecule has 2 amide bonds. The molecule has 0 aliphatic carbocycles. The zero-order valence-corrected chi connectivity index (χ0v) is 12.4. The van der Waals surface area contributed by atoms with Crippen molar-refractivity contribution in [2.24, 2.45) is 0 Å². The van der Waals surface area contributed by atoms with Crippen LogP contribution in [0, 0.1) is 0 Å². The summed E-state index contributed by atoms with van der Waals surface area (Å²) < 4.78 is 5.48. The molecule has 1 aliphatic heterocycles. The molecule has 7 heteroatoms. The van der Waals surface area contributed by atoms with Crippen LogP contribution in [0.1, 0.15) is 29.9 Å². The minimum atomic E-state index is -0.214. The van der Waals surface area contributed by atoms with E-state index in [-0.39, 0.29) is 12.1 Å². The molecule has 3 N–H and O–H groups in total. The molecule has 1 aromatic heterocycles. The van der Waals surface area contributed by atoms with E-state index in [1.165, 1.54) is 17.5 Å². The highest BCUT2D eigenvalue weighted by molar-refractivity contribution is 5.74. The monoisotopic (exact) mass is 301 g/mol. The third kappa shape index (κ3) is 3.36. The number of hydrogen-bond acceptors (Lipinski definition) is 4. The van der Waals surface area contributed by atoms with Crippen molar-refractivity contribution >= 4 is 6.03 Å². The molecule has 1 aliphatic rings. The molecular weight excluding hydrogens is 282 g/mol. The van der Waals surface area contributed by atoms with Gasteiger partial charge in [0.05, 0.1) is 12.6 Å². The van der Waals surface area contributed by atoms with Crippen LogP contribution < -0.4 is 15.4 Å². The molecule has 2 aromatic rings. The topological polar surface area (TPSA) is 91.9 Å². The van der Waals surface area contributed by atoms with E-state index in [9.17, 15) is 4.79 Å². The van der Waals surface area contributed by atoms with E-state index in [4.69, 9.17) is 4.74 Å². The molecular formula is C15H19N5O2. The number of benzene rings is 1. The normalized spacial score (nSPS) is 14.0. The molecule has 3 rings (SSSR count). The van der Waals surface area contributed by atoms with Gasteiger partial charge in [-0.05, 0) is 30.5 Å². The fraction of sp³-hybridized carbons (Fsp3) is 0.400. The summed E-state index contributed by atoms with van der Waals surface area (Å²) in [4.78, 5) is 15.8. The summed E-state index contributed by atoms with van der Waals surface area (Å²) >= 11 is 0. The second kappa shape index (κ2) is 6.46. The Morgan fingerprint density at radius 3 is 3.23 bits per heavy atom. The minimum Gasteiger partial charge on any atom is -0.493 e. The number of aromatic nitrogens is 3. The summed E-state index contributed by atoms with van der Waals surface area (Å²) in [5, 5.41) is 12.2. The van der Waals surface area contributed by atoms with Gasteiger partial charge in [0.1, 0.15) is 17.9 Å². The minimum absolute atomic E-state index is 0.209. The molecule has 0 saturated heterocycles. The largest absolute Gasteiger partial charge is 0.493 e. The second-order valence-electron chi connectivity index (χ2n) is 5.28. The number of fused-ring (bicyclic) bond motifs is 1. The zero-order chi connectivity index (χ0) is 15.4. The molecule has 0 bridgehead atoms. The van der Waals surface area contributed by atoms with E-state index < -0.39 is 0 Å². The maximum Gasteiger partial charge on any atom is 0.315 e. The molecule has 2 heterocycles. The lowest BCUT2D eigenvalue weighted by Crippen LogP contribution is -2.38. The van der Waals surface area contributed by atoms with Gasteiger partial charge < -0.3 is 15.4 Å². The van der Waals surface area contributed by atoms with Gasteiger partial charge in [0.15, 0.2) is 0 Å². The van der Waals surface area contributed by atoms with Crippen molar-refractivity contribution in [3.05, 3.63) is 41.5 Å². The molecule has 1 unspecified atom stereocenters. The van der Waals surface area contributed by atoms with Crippen molar-refractivity contribution < 1.29 is 9.53 Å². The summed E-state index contributed by atoms with van der Waals surface area (Å²) in [5.41, 5.74) is 2.45. The lowest BCUT2D eigenvalue weighted by molar-refractivity contribution is 0.237. The van der Waals surface area contributed by atoms with Gasteiger partial charge in [0.25, 0.3) is 0 Å². The molecule has 1 aromatic carbocycles. The van der Waals surface area contributed by atoms with Gasteiger partial charge in [-0.25, -0.2) is 9.78 Å².